The van der Waals surface area contributed by atoms with E-state index in [1.54, 1.807) is 42.5 Å². The van der Waals surface area contributed by atoms with Crippen LogP contribution in [0.4, 0.5) is 17.6 Å². The van der Waals surface area contributed by atoms with Crippen molar-refractivity contribution >= 4 is 5.91 Å². The first-order valence-electron chi connectivity index (χ1n) is 10.2. The largest absolute Gasteiger partial charge is 0.497 e. The van der Waals surface area contributed by atoms with Gasteiger partial charge in [0.2, 0.25) is 0 Å². The Bertz CT molecular complexity index is 1300. The van der Waals surface area contributed by atoms with E-state index < -0.39 is 23.5 Å². The molecule has 5 nitrogen and oxygen atoms in total. The molecule has 0 bridgehead atoms. The highest BCUT2D eigenvalue weighted by Gasteiger charge is 2.30. The Kier molecular flexibility index (Phi) is 6.36. The highest BCUT2D eigenvalue weighted by atomic mass is 19.4. The third-order valence-corrected chi connectivity index (χ3v) is 5.11. The number of ether oxygens (including phenoxy) is 1. The molecule has 1 amide bonds. The van der Waals surface area contributed by atoms with E-state index in [0.29, 0.717) is 28.3 Å². The Labute approximate surface area is 192 Å². The molecule has 0 unspecified atom stereocenters. The molecule has 3 aromatic carbocycles. The number of halogens is 4. The summed E-state index contributed by atoms with van der Waals surface area (Å²) >= 11 is 0. The van der Waals surface area contributed by atoms with Crippen LogP contribution in [0.1, 0.15) is 21.6 Å². The molecule has 9 heteroatoms. The number of benzene rings is 3. The van der Waals surface area contributed by atoms with Gasteiger partial charge >= 0.3 is 6.18 Å². The molecule has 0 aliphatic rings. The molecule has 0 radical (unpaired) electrons. The number of methoxy groups -OCH3 is 1. The molecule has 0 aliphatic carbocycles. The standard InChI is InChI=1S/C25H19F4N3O2/c1-34-21-11-9-20(10-12-21)32-23(14-22(31-32)17-5-7-19(26)8-6-17)24(33)30-15-16-3-2-4-18(13-16)25(27,28)29/h2-14H,15H2,1H3,(H,30,33). The lowest BCUT2D eigenvalue weighted by Gasteiger charge is -2.11. The van der Waals surface area contributed by atoms with Crippen molar-refractivity contribution in [1.82, 2.24) is 15.1 Å². The van der Waals surface area contributed by atoms with Crippen LogP contribution in [0.5, 0.6) is 5.75 Å². The van der Waals surface area contributed by atoms with E-state index >= 15 is 0 Å². The molecule has 0 fully saturated rings. The number of rotatable bonds is 6. The summed E-state index contributed by atoms with van der Waals surface area (Å²) in [6, 6.07) is 18.8. The molecule has 0 saturated carbocycles. The molecule has 4 aromatic rings. The summed E-state index contributed by atoms with van der Waals surface area (Å²) in [5.74, 6) is -0.323. The van der Waals surface area contributed by atoms with E-state index in [0.717, 1.165) is 12.1 Å². The van der Waals surface area contributed by atoms with Crippen LogP contribution in [-0.2, 0) is 12.7 Å². The molecule has 34 heavy (non-hydrogen) atoms. The molecule has 1 N–H and O–H groups in total. The summed E-state index contributed by atoms with van der Waals surface area (Å²) in [6.07, 6.45) is -4.48. The van der Waals surface area contributed by atoms with Gasteiger partial charge < -0.3 is 10.1 Å². The summed E-state index contributed by atoms with van der Waals surface area (Å²) in [5.41, 5.74) is 1.27. The topological polar surface area (TPSA) is 56.2 Å². The minimum absolute atomic E-state index is 0.109. The van der Waals surface area contributed by atoms with Gasteiger partial charge in [-0.3, -0.25) is 4.79 Å². The van der Waals surface area contributed by atoms with Gasteiger partial charge in [0.25, 0.3) is 5.91 Å². The van der Waals surface area contributed by atoms with E-state index in [9.17, 15) is 22.4 Å². The van der Waals surface area contributed by atoms with Gasteiger partial charge in [-0.2, -0.15) is 18.3 Å². The summed E-state index contributed by atoms with van der Waals surface area (Å²) < 4.78 is 58.9. The monoisotopic (exact) mass is 469 g/mol. The first-order chi connectivity index (χ1) is 16.2. The molecule has 0 spiro atoms. The second-order valence-electron chi connectivity index (χ2n) is 7.41. The third kappa shape index (κ3) is 5.09. The van der Waals surface area contributed by atoms with Crippen LogP contribution >= 0.6 is 0 Å². The smallest absolute Gasteiger partial charge is 0.416 e. The highest BCUT2D eigenvalue weighted by molar-refractivity contribution is 5.94. The fourth-order valence-electron chi connectivity index (χ4n) is 3.36. The summed E-state index contributed by atoms with van der Waals surface area (Å²) in [7, 11) is 1.53. The third-order valence-electron chi connectivity index (χ3n) is 5.11. The van der Waals surface area contributed by atoms with Crippen molar-refractivity contribution in [1.29, 1.82) is 0 Å². The van der Waals surface area contributed by atoms with Crippen molar-refractivity contribution in [2.24, 2.45) is 0 Å². The zero-order valence-corrected chi connectivity index (χ0v) is 17.9. The van der Waals surface area contributed by atoms with Gasteiger partial charge in [0.05, 0.1) is 24.1 Å². The Morgan fingerprint density at radius 2 is 1.71 bits per heavy atom. The van der Waals surface area contributed by atoms with Crippen molar-refractivity contribution in [3.05, 3.63) is 102 Å². The average molecular weight is 469 g/mol. The molecule has 0 saturated heterocycles. The maximum Gasteiger partial charge on any atom is 0.416 e. The van der Waals surface area contributed by atoms with Crippen LogP contribution in [-0.4, -0.2) is 22.8 Å². The van der Waals surface area contributed by atoms with Gasteiger partial charge in [-0.05, 0) is 72.3 Å². The molecule has 0 atom stereocenters. The van der Waals surface area contributed by atoms with Crippen LogP contribution in [0.3, 0.4) is 0 Å². The fourth-order valence-corrected chi connectivity index (χ4v) is 3.36. The van der Waals surface area contributed by atoms with Crippen LogP contribution < -0.4 is 10.1 Å². The van der Waals surface area contributed by atoms with E-state index in [1.807, 2.05) is 0 Å². The Hall–Kier alpha value is -4.14. The van der Waals surface area contributed by atoms with Crippen molar-refractivity contribution in [3.8, 4) is 22.7 Å². The minimum Gasteiger partial charge on any atom is -0.497 e. The van der Waals surface area contributed by atoms with Crippen molar-refractivity contribution in [3.63, 3.8) is 0 Å². The number of carbonyl (C=O) groups is 1. The molecule has 4 rings (SSSR count). The summed E-state index contributed by atoms with van der Waals surface area (Å²) in [5, 5.41) is 7.15. The zero-order valence-electron chi connectivity index (χ0n) is 17.9. The SMILES string of the molecule is COc1ccc(-n2nc(-c3ccc(F)cc3)cc2C(=O)NCc2cccc(C(F)(F)F)c2)cc1. The van der Waals surface area contributed by atoms with Crippen LogP contribution in [0.15, 0.2) is 78.9 Å². The van der Waals surface area contributed by atoms with E-state index in [4.69, 9.17) is 4.74 Å². The van der Waals surface area contributed by atoms with Gasteiger partial charge in [-0.1, -0.05) is 12.1 Å². The van der Waals surface area contributed by atoms with Crippen LogP contribution in [0.25, 0.3) is 16.9 Å². The van der Waals surface area contributed by atoms with Gasteiger partial charge in [0.15, 0.2) is 0 Å². The van der Waals surface area contributed by atoms with Crippen molar-refractivity contribution in [2.75, 3.05) is 7.11 Å². The number of nitrogens with one attached hydrogen (secondary N) is 1. The predicted octanol–water partition coefficient (Wildman–Crippen LogP) is 5.64. The number of amides is 1. The first-order valence-corrected chi connectivity index (χ1v) is 10.2. The van der Waals surface area contributed by atoms with Gasteiger partial charge in [0, 0.05) is 12.1 Å². The second-order valence-corrected chi connectivity index (χ2v) is 7.41. The van der Waals surface area contributed by atoms with Crippen LogP contribution in [0, 0.1) is 5.82 Å². The molecular formula is C25H19F4N3O2. The maximum absolute atomic E-state index is 13.3. The first kappa shape index (κ1) is 23.0. The predicted molar refractivity (Wildman–Crippen MR) is 118 cm³/mol. The lowest BCUT2D eigenvalue weighted by atomic mass is 10.1. The molecule has 174 valence electrons. The Balaban J connectivity index is 1.64. The number of aromatic nitrogens is 2. The zero-order chi connectivity index (χ0) is 24.3. The van der Waals surface area contributed by atoms with Gasteiger partial charge in [0.1, 0.15) is 17.3 Å². The number of hydrogen-bond acceptors (Lipinski definition) is 3. The quantitative estimate of drug-likeness (QED) is 0.372. The van der Waals surface area contributed by atoms with Crippen LogP contribution in [0.2, 0.25) is 0 Å². The molecule has 0 aliphatic heterocycles. The molecule has 1 aromatic heterocycles. The van der Waals surface area contributed by atoms with E-state index in [2.05, 4.69) is 10.4 Å². The number of hydrogen-bond donors (Lipinski definition) is 1. The lowest BCUT2D eigenvalue weighted by molar-refractivity contribution is -0.137. The Morgan fingerprint density at radius 3 is 2.35 bits per heavy atom. The summed E-state index contributed by atoms with van der Waals surface area (Å²) in [6.45, 7) is -0.109. The van der Waals surface area contributed by atoms with Gasteiger partial charge in [-0.25, -0.2) is 9.07 Å². The Morgan fingerprint density at radius 1 is 1.00 bits per heavy atom. The second kappa shape index (κ2) is 9.38. The average Bonchev–Trinajstić information content (AvgIpc) is 3.28. The maximum atomic E-state index is 13.3. The summed E-state index contributed by atoms with van der Waals surface area (Å²) in [4.78, 5) is 13.0. The van der Waals surface area contributed by atoms with Crippen molar-refractivity contribution in [2.45, 2.75) is 12.7 Å². The highest BCUT2D eigenvalue weighted by Crippen LogP contribution is 2.29. The molecular weight excluding hydrogens is 450 g/mol. The van der Waals surface area contributed by atoms with E-state index in [1.165, 1.54) is 36.1 Å². The lowest BCUT2D eigenvalue weighted by Crippen LogP contribution is -2.25. The normalized spacial score (nSPS) is 11.3. The number of alkyl halides is 3. The van der Waals surface area contributed by atoms with E-state index in [-0.39, 0.29) is 12.2 Å². The van der Waals surface area contributed by atoms with Crippen molar-refractivity contribution < 1.29 is 27.1 Å². The van der Waals surface area contributed by atoms with Gasteiger partial charge in [-0.15, -0.1) is 0 Å². The number of nitrogens with zero attached hydrogens (tertiary/aromatic N) is 2. The minimum atomic E-state index is -4.48. The fraction of sp³-hybridized carbons (Fsp3) is 0.120. The number of carbonyl (C=O) groups excluding carboxylic acids is 1. The molecule has 1 heterocycles.